The number of fused-ring (bicyclic) bond motifs is 1. The standard InChI is InChI=1S/C22H26N4O2S/c1-15-9-16(2)20-18(10-15)11-19(21(27)25-20)14-26(22(29)24-7-8-28-3)13-17-5-4-6-23-12-17/h4-6,9-12H,7-8,13-14H2,1-3H3,(H,24,29)(H,25,27). The Kier molecular flexibility index (Phi) is 6.95. The number of aromatic amines is 1. The minimum Gasteiger partial charge on any atom is -0.383 e. The Balaban J connectivity index is 1.90. The van der Waals surface area contributed by atoms with Crippen molar-refractivity contribution in [2.75, 3.05) is 20.3 Å². The first kappa shape index (κ1) is 21.0. The van der Waals surface area contributed by atoms with Crippen LogP contribution in [0.4, 0.5) is 0 Å². The van der Waals surface area contributed by atoms with Gasteiger partial charge in [-0.05, 0) is 60.8 Å². The first-order valence-electron chi connectivity index (χ1n) is 9.51. The number of pyridine rings is 2. The summed E-state index contributed by atoms with van der Waals surface area (Å²) in [5, 5.41) is 4.80. The number of nitrogens with zero attached hydrogens (tertiary/aromatic N) is 2. The van der Waals surface area contributed by atoms with Gasteiger partial charge in [-0.2, -0.15) is 0 Å². The molecular formula is C22H26N4O2S. The molecular weight excluding hydrogens is 384 g/mol. The molecule has 0 saturated heterocycles. The molecule has 3 rings (SSSR count). The summed E-state index contributed by atoms with van der Waals surface area (Å²) in [7, 11) is 1.65. The summed E-state index contributed by atoms with van der Waals surface area (Å²) in [4.78, 5) is 22.0. The van der Waals surface area contributed by atoms with Gasteiger partial charge in [-0.25, -0.2) is 0 Å². The highest BCUT2D eigenvalue weighted by atomic mass is 32.1. The SMILES string of the molecule is COCCNC(=S)N(Cc1cccnc1)Cc1cc2cc(C)cc(C)c2[nH]c1=O. The topological polar surface area (TPSA) is 70.2 Å². The molecule has 3 aromatic rings. The molecule has 29 heavy (non-hydrogen) atoms. The molecule has 0 bridgehead atoms. The number of methoxy groups -OCH3 is 1. The molecule has 2 N–H and O–H groups in total. The molecule has 0 unspecified atom stereocenters. The normalized spacial score (nSPS) is 10.9. The van der Waals surface area contributed by atoms with E-state index < -0.39 is 0 Å². The number of rotatable bonds is 7. The van der Waals surface area contributed by atoms with Gasteiger partial charge in [0.05, 0.1) is 18.7 Å². The molecule has 2 aromatic heterocycles. The zero-order chi connectivity index (χ0) is 20.8. The maximum absolute atomic E-state index is 12.8. The summed E-state index contributed by atoms with van der Waals surface area (Å²) in [6.45, 7) is 6.17. The Morgan fingerprint density at radius 2 is 2.10 bits per heavy atom. The number of H-pyrrole nitrogens is 1. The predicted octanol–water partition coefficient (Wildman–Crippen LogP) is 3.06. The first-order valence-corrected chi connectivity index (χ1v) is 9.92. The third kappa shape index (κ3) is 5.40. The highest BCUT2D eigenvalue weighted by Crippen LogP contribution is 2.19. The zero-order valence-electron chi connectivity index (χ0n) is 17.0. The van der Waals surface area contributed by atoms with E-state index >= 15 is 0 Å². The molecule has 0 atom stereocenters. The second kappa shape index (κ2) is 9.62. The van der Waals surface area contributed by atoms with Gasteiger partial charge in [-0.1, -0.05) is 17.7 Å². The van der Waals surface area contributed by atoms with Crippen molar-refractivity contribution in [3.05, 3.63) is 75.3 Å². The largest absolute Gasteiger partial charge is 0.383 e. The van der Waals surface area contributed by atoms with Crippen LogP contribution in [-0.4, -0.2) is 40.2 Å². The van der Waals surface area contributed by atoms with Crippen LogP contribution in [0.2, 0.25) is 0 Å². The zero-order valence-corrected chi connectivity index (χ0v) is 17.8. The summed E-state index contributed by atoms with van der Waals surface area (Å²) >= 11 is 5.59. The van der Waals surface area contributed by atoms with Gasteiger partial charge >= 0.3 is 0 Å². The van der Waals surface area contributed by atoms with Gasteiger partial charge in [0.15, 0.2) is 5.11 Å². The van der Waals surface area contributed by atoms with Crippen LogP contribution in [-0.2, 0) is 17.8 Å². The minimum absolute atomic E-state index is 0.0969. The van der Waals surface area contributed by atoms with Crippen molar-refractivity contribution in [3.8, 4) is 0 Å². The van der Waals surface area contributed by atoms with Crippen LogP contribution in [0.1, 0.15) is 22.3 Å². The van der Waals surface area contributed by atoms with Crippen molar-refractivity contribution in [1.82, 2.24) is 20.2 Å². The van der Waals surface area contributed by atoms with Crippen LogP contribution in [0.15, 0.2) is 47.5 Å². The van der Waals surface area contributed by atoms with E-state index in [1.54, 1.807) is 13.3 Å². The fraction of sp³-hybridized carbons (Fsp3) is 0.318. The Morgan fingerprint density at radius 3 is 2.83 bits per heavy atom. The van der Waals surface area contributed by atoms with Crippen molar-refractivity contribution < 1.29 is 4.74 Å². The third-order valence-corrected chi connectivity index (χ3v) is 5.10. The molecule has 0 aliphatic heterocycles. The maximum atomic E-state index is 12.8. The van der Waals surface area contributed by atoms with Crippen LogP contribution in [0, 0.1) is 13.8 Å². The Morgan fingerprint density at radius 1 is 1.28 bits per heavy atom. The number of benzene rings is 1. The fourth-order valence-corrected chi connectivity index (χ4v) is 3.57. The first-order chi connectivity index (χ1) is 14.0. The van der Waals surface area contributed by atoms with Crippen LogP contribution in [0.3, 0.4) is 0 Å². The van der Waals surface area contributed by atoms with E-state index in [-0.39, 0.29) is 5.56 Å². The Hall–Kier alpha value is -2.77. The molecule has 1 aromatic carbocycles. The number of thiocarbonyl (C=S) groups is 1. The highest BCUT2D eigenvalue weighted by Gasteiger charge is 2.14. The number of ether oxygens (including phenoxy) is 1. The maximum Gasteiger partial charge on any atom is 0.253 e. The van der Waals surface area contributed by atoms with Crippen LogP contribution in [0.25, 0.3) is 10.9 Å². The van der Waals surface area contributed by atoms with E-state index in [2.05, 4.69) is 34.3 Å². The number of hydrogen-bond donors (Lipinski definition) is 2. The van der Waals surface area contributed by atoms with Gasteiger partial charge in [0, 0.05) is 38.2 Å². The summed E-state index contributed by atoms with van der Waals surface area (Å²) in [6.07, 6.45) is 3.55. The van der Waals surface area contributed by atoms with E-state index in [1.165, 1.54) is 0 Å². The summed E-state index contributed by atoms with van der Waals surface area (Å²) in [5.74, 6) is 0. The molecule has 7 heteroatoms. The van der Waals surface area contributed by atoms with Gasteiger partial charge in [0.1, 0.15) is 0 Å². The average molecular weight is 411 g/mol. The van der Waals surface area contributed by atoms with Crippen molar-refractivity contribution in [3.63, 3.8) is 0 Å². The summed E-state index contributed by atoms with van der Waals surface area (Å²) in [6, 6.07) is 10.0. The van der Waals surface area contributed by atoms with Crippen molar-refractivity contribution in [2.45, 2.75) is 26.9 Å². The molecule has 0 saturated carbocycles. The average Bonchev–Trinajstić information content (AvgIpc) is 2.69. The van der Waals surface area contributed by atoms with Gasteiger partial charge in [0.2, 0.25) is 0 Å². The van der Waals surface area contributed by atoms with E-state index in [4.69, 9.17) is 17.0 Å². The van der Waals surface area contributed by atoms with E-state index in [9.17, 15) is 4.79 Å². The minimum atomic E-state index is -0.0969. The lowest BCUT2D eigenvalue weighted by Crippen LogP contribution is -2.41. The molecule has 0 fully saturated rings. The van der Waals surface area contributed by atoms with Gasteiger partial charge in [-0.3, -0.25) is 9.78 Å². The molecule has 2 heterocycles. The van der Waals surface area contributed by atoms with Crippen LogP contribution >= 0.6 is 12.2 Å². The van der Waals surface area contributed by atoms with Crippen molar-refractivity contribution in [1.29, 1.82) is 0 Å². The summed E-state index contributed by atoms with van der Waals surface area (Å²) < 4.78 is 5.09. The fourth-order valence-electron chi connectivity index (χ4n) is 3.34. The summed E-state index contributed by atoms with van der Waals surface area (Å²) in [5.41, 5.74) is 4.70. The number of aromatic nitrogens is 2. The van der Waals surface area contributed by atoms with Gasteiger partial charge < -0.3 is 19.9 Å². The number of nitrogens with one attached hydrogen (secondary N) is 2. The van der Waals surface area contributed by atoms with Gasteiger partial charge in [-0.15, -0.1) is 0 Å². The van der Waals surface area contributed by atoms with Crippen molar-refractivity contribution in [2.24, 2.45) is 0 Å². The smallest absolute Gasteiger partial charge is 0.253 e. The molecule has 0 aliphatic carbocycles. The third-order valence-electron chi connectivity index (χ3n) is 4.70. The monoisotopic (exact) mass is 410 g/mol. The van der Waals surface area contributed by atoms with E-state index in [0.29, 0.717) is 36.9 Å². The molecule has 152 valence electrons. The molecule has 0 radical (unpaired) electrons. The molecule has 0 aliphatic rings. The van der Waals surface area contributed by atoms with E-state index in [1.807, 2.05) is 36.2 Å². The Bertz CT molecular complexity index is 1050. The predicted molar refractivity (Wildman–Crippen MR) is 120 cm³/mol. The number of aryl methyl sites for hydroxylation is 2. The lowest BCUT2D eigenvalue weighted by molar-refractivity contribution is 0.202. The molecule has 0 amide bonds. The second-order valence-corrected chi connectivity index (χ2v) is 7.50. The van der Waals surface area contributed by atoms with E-state index in [0.717, 1.165) is 27.6 Å². The van der Waals surface area contributed by atoms with Crippen LogP contribution < -0.4 is 10.9 Å². The second-order valence-electron chi connectivity index (χ2n) is 7.11. The highest BCUT2D eigenvalue weighted by molar-refractivity contribution is 7.80. The lowest BCUT2D eigenvalue weighted by Gasteiger charge is -2.26. The Labute approximate surface area is 175 Å². The van der Waals surface area contributed by atoms with Crippen LogP contribution in [0.5, 0.6) is 0 Å². The number of hydrogen-bond acceptors (Lipinski definition) is 4. The quantitative estimate of drug-likeness (QED) is 0.461. The molecule has 6 nitrogen and oxygen atoms in total. The van der Waals surface area contributed by atoms with Gasteiger partial charge in [0.25, 0.3) is 5.56 Å². The van der Waals surface area contributed by atoms with Crippen molar-refractivity contribution >= 4 is 28.2 Å². The lowest BCUT2D eigenvalue weighted by atomic mass is 10.1. The molecule has 0 spiro atoms.